The molecule has 1 aliphatic carbocycles. The highest BCUT2D eigenvalue weighted by Crippen LogP contribution is 2.27. The molecule has 0 atom stereocenters. The van der Waals surface area contributed by atoms with Crippen LogP contribution in [0.4, 0.5) is 5.69 Å². The van der Waals surface area contributed by atoms with Gasteiger partial charge in [0.25, 0.3) is 0 Å². The van der Waals surface area contributed by atoms with Crippen molar-refractivity contribution in [2.45, 2.75) is 25.4 Å². The molecule has 2 rings (SSSR count). The van der Waals surface area contributed by atoms with E-state index in [0.717, 1.165) is 11.6 Å². The van der Waals surface area contributed by atoms with Crippen LogP contribution in [0, 0.1) is 0 Å². The first kappa shape index (κ1) is 8.35. The molecule has 0 saturated heterocycles. The molecular weight excluding hydrogens is 164 g/mol. The van der Waals surface area contributed by atoms with Gasteiger partial charge < -0.3 is 10.1 Å². The summed E-state index contributed by atoms with van der Waals surface area (Å²) >= 11 is 0. The molecular formula is C10H14N2O. The molecule has 70 valence electrons. The summed E-state index contributed by atoms with van der Waals surface area (Å²) in [4.78, 5) is 4.19. The lowest BCUT2D eigenvalue weighted by Gasteiger charge is -2.26. The van der Waals surface area contributed by atoms with E-state index in [4.69, 9.17) is 4.74 Å². The molecule has 1 saturated carbocycles. The van der Waals surface area contributed by atoms with Gasteiger partial charge in [-0.1, -0.05) is 0 Å². The third-order valence-electron chi connectivity index (χ3n) is 2.37. The van der Waals surface area contributed by atoms with Crippen LogP contribution in [0.15, 0.2) is 18.3 Å². The lowest BCUT2D eigenvalue weighted by atomic mass is 9.96. The predicted octanol–water partition coefficient (Wildman–Crippen LogP) is 2.05. The summed E-state index contributed by atoms with van der Waals surface area (Å²) in [5.74, 6) is 0.731. The fourth-order valence-electron chi connectivity index (χ4n) is 1.32. The molecule has 1 aromatic rings. The molecule has 13 heavy (non-hydrogen) atoms. The standard InChI is InChI=1S/C10H14N2O/c1-11-9-6-3-7-12-10(9)13-8-4-2-5-8/h3,6-8,11H,2,4-5H2,1H3. The minimum absolute atomic E-state index is 0.391. The van der Waals surface area contributed by atoms with Gasteiger partial charge in [0.2, 0.25) is 5.88 Å². The van der Waals surface area contributed by atoms with E-state index in [1.54, 1.807) is 6.20 Å². The average Bonchev–Trinajstić information content (AvgIpc) is 2.12. The number of aromatic nitrogens is 1. The summed E-state index contributed by atoms with van der Waals surface area (Å²) in [6.07, 6.45) is 5.77. The molecule has 0 unspecified atom stereocenters. The highest BCUT2D eigenvalue weighted by molar-refractivity contribution is 5.51. The number of nitrogens with zero attached hydrogens (tertiary/aromatic N) is 1. The Morgan fingerprint density at radius 1 is 1.54 bits per heavy atom. The van der Waals surface area contributed by atoms with E-state index in [2.05, 4.69) is 10.3 Å². The number of anilines is 1. The van der Waals surface area contributed by atoms with Gasteiger partial charge in [0.05, 0.1) is 5.69 Å². The second-order valence-electron chi connectivity index (χ2n) is 3.28. The summed E-state index contributed by atoms with van der Waals surface area (Å²) in [6, 6.07) is 3.88. The van der Waals surface area contributed by atoms with Crippen LogP contribution in [0.2, 0.25) is 0 Å². The van der Waals surface area contributed by atoms with Crippen molar-refractivity contribution in [3.8, 4) is 5.88 Å². The van der Waals surface area contributed by atoms with Crippen molar-refractivity contribution in [3.05, 3.63) is 18.3 Å². The van der Waals surface area contributed by atoms with Gasteiger partial charge in [0, 0.05) is 13.2 Å². The van der Waals surface area contributed by atoms with E-state index in [9.17, 15) is 0 Å². The van der Waals surface area contributed by atoms with Crippen LogP contribution in [0.5, 0.6) is 5.88 Å². The molecule has 1 aromatic heterocycles. The summed E-state index contributed by atoms with van der Waals surface area (Å²) in [5.41, 5.74) is 0.967. The number of rotatable bonds is 3. The number of nitrogens with one attached hydrogen (secondary N) is 1. The predicted molar refractivity (Wildman–Crippen MR) is 52.1 cm³/mol. The molecule has 0 radical (unpaired) electrons. The molecule has 1 fully saturated rings. The molecule has 3 heteroatoms. The van der Waals surface area contributed by atoms with Gasteiger partial charge in [-0.05, 0) is 31.4 Å². The number of ether oxygens (including phenoxy) is 1. The van der Waals surface area contributed by atoms with Crippen LogP contribution in [-0.2, 0) is 0 Å². The third-order valence-corrected chi connectivity index (χ3v) is 2.37. The Bertz CT molecular complexity index is 284. The van der Waals surface area contributed by atoms with Crippen molar-refractivity contribution >= 4 is 5.69 Å². The number of hydrogen-bond acceptors (Lipinski definition) is 3. The average molecular weight is 178 g/mol. The van der Waals surface area contributed by atoms with Crippen molar-refractivity contribution < 1.29 is 4.74 Å². The van der Waals surface area contributed by atoms with Crippen LogP contribution in [-0.4, -0.2) is 18.1 Å². The second kappa shape index (κ2) is 3.64. The molecule has 0 aromatic carbocycles. The molecule has 3 nitrogen and oxygen atoms in total. The topological polar surface area (TPSA) is 34.2 Å². The van der Waals surface area contributed by atoms with E-state index < -0.39 is 0 Å². The van der Waals surface area contributed by atoms with Crippen molar-refractivity contribution in [1.82, 2.24) is 4.98 Å². The lowest BCUT2D eigenvalue weighted by Crippen LogP contribution is -2.25. The zero-order valence-electron chi connectivity index (χ0n) is 7.79. The first-order valence-electron chi connectivity index (χ1n) is 4.69. The normalized spacial score (nSPS) is 16.4. The molecule has 0 spiro atoms. The Morgan fingerprint density at radius 3 is 3.00 bits per heavy atom. The van der Waals surface area contributed by atoms with Gasteiger partial charge in [-0.2, -0.15) is 0 Å². The Hall–Kier alpha value is -1.25. The highest BCUT2D eigenvalue weighted by Gasteiger charge is 2.20. The van der Waals surface area contributed by atoms with E-state index in [1.165, 1.54) is 19.3 Å². The number of pyridine rings is 1. The lowest BCUT2D eigenvalue weighted by molar-refractivity contribution is 0.115. The number of hydrogen-bond donors (Lipinski definition) is 1. The van der Waals surface area contributed by atoms with Gasteiger partial charge in [-0.25, -0.2) is 4.98 Å². The van der Waals surface area contributed by atoms with Gasteiger partial charge >= 0.3 is 0 Å². The molecule has 0 amide bonds. The van der Waals surface area contributed by atoms with Crippen LogP contribution in [0.25, 0.3) is 0 Å². The van der Waals surface area contributed by atoms with Crippen LogP contribution in [0.3, 0.4) is 0 Å². The van der Waals surface area contributed by atoms with Crippen molar-refractivity contribution in [2.24, 2.45) is 0 Å². The molecule has 1 heterocycles. The SMILES string of the molecule is CNc1cccnc1OC1CCC1. The highest BCUT2D eigenvalue weighted by atomic mass is 16.5. The third kappa shape index (κ3) is 1.74. The Balaban J connectivity index is 2.08. The van der Waals surface area contributed by atoms with Crippen LogP contribution >= 0.6 is 0 Å². The van der Waals surface area contributed by atoms with Crippen molar-refractivity contribution in [1.29, 1.82) is 0 Å². The molecule has 1 aliphatic rings. The largest absolute Gasteiger partial charge is 0.473 e. The smallest absolute Gasteiger partial charge is 0.237 e. The van der Waals surface area contributed by atoms with Gasteiger partial charge in [0.15, 0.2) is 0 Å². The van der Waals surface area contributed by atoms with E-state index in [1.807, 2.05) is 19.2 Å². The van der Waals surface area contributed by atoms with Crippen LogP contribution in [0.1, 0.15) is 19.3 Å². The van der Waals surface area contributed by atoms with E-state index in [-0.39, 0.29) is 0 Å². The quantitative estimate of drug-likeness (QED) is 0.769. The maximum Gasteiger partial charge on any atom is 0.237 e. The molecule has 0 aliphatic heterocycles. The Labute approximate surface area is 78.1 Å². The van der Waals surface area contributed by atoms with Crippen LogP contribution < -0.4 is 10.1 Å². The maximum absolute atomic E-state index is 5.70. The Kier molecular flexibility index (Phi) is 2.34. The first-order valence-corrected chi connectivity index (χ1v) is 4.69. The summed E-state index contributed by atoms with van der Waals surface area (Å²) in [6.45, 7) is 0. The first-order chi connectivity index (χ1) is 6.40. The zero-order valence-corrected chi connectivity index (χ0v) is 7.79. The van der Waals surface area contributed by atoms with E-state index in [0.29, 0.717) is 6.10 Å². The summed E-state index contributed by atoms with van der Waals surface area (Å²) < 4.78 is 5.70. The van der Waals surface area contributed by atoms with Crippen molar-refractivity contribution in [2.75, 3.05) is 12.4 Å². The summed E-state index contributed by atoms with van der Waals surface area (Å²) in [7, 11) is 1.88. The zero-order chi connectivity index (χ0) is 9.10. The molecule has 0 bridgehead atoms. The minimum Gasteiger partial charge on any atom is -0.473 e. The molecule has 1 N–H and O–H groups in total. The van der Waals surface area contributed by atoms with Crippen molar-refractivity contribution in [3.63, 3.8) is 0 Å². The second-order valence-corrected chi connectivity index (χ2v) is 3.28. The maximum atomic E-state index is 5.70. The van der Waals surface area contributed by atoms with Gasteiger partial charge in [-0.15, -0.1) is 0 Å². The Morgan fingerprint density at radius 2 is 2.38 bits per heavy atom. The summed E-state index contributed by atoms with van der Waals surface area (Å²) in [5, 5.41) is 3.06. The van der Waals surface area contributed by atoms with E-state index >= 15 is 0 Å². The fraction of sp³-hybridized carbons (Fsp3) is 0.500. The fourth-order valence-corrected chi connectivity index (χ4v) is 1.32. The minimum atomic E-state index is 0.391. The van der Waals surface area contributed by atoms with Gasteiger partial charge in [0.1, 0.15) is 6.10 Å². The monoisotopic (exact) mass is 178 g/mol. The van der Waals surface area contributed by atoms with Gasteiger partial charge in [-0.3, -0.25) is 0 Å².